The first-order valence-electron chi connectivity index (χ1n) is 8.10. The van der Waals surface area contributed by atoms with E-state index in [1.54, 1.807) is 0 Å². The topological polar surface area (TPSA) is 78.4 Å². The van der Waals surface area contributed by atoms with Gasteiger partial charge in [-0.05, 0) is 42.5 Å². The molecule has 5 nitrogen and oxygen atoms in total. The quantitative estimate of drug-likeness (QED) is 0.675. The second-order valence-electron chi connectivity index (χ2n) is 5.63. The first kappa shape index (κ1) is 18.6. The van der Waals surface area contributed by atoms with Crippen molar-refractivity contribution in [2.45, 2.75) is 18.8 Å². The lowest BCUT2D eigenvalue weighted by Crippen LogP contribution is -2.36. The molecule has 2 aromatic carbocycles. The zero-order chi connectivity index (χ0) is 18.1. The Balaban J connectivity index is 1.83. The van der Waals surface area contributed by atoms with Gasteiger partial charge in [0.1, 0.15) is 5.82 Å². The summed E-state index contributed by atoms with van der Waals surface area (Å²) in [5.41, 5.74) is 1.30. The van der Waals surface area contributed by atoms with Gasteiger partial charge in [0.15, 0.2) is 0 Å². The van der Waals surface area contributed by atoms with E-state index >= 15 is 0 Å². The van der Waals surface area contributed by atoms with E-state index in [0.29, 0.717) is 19.4 Å². The molecule has 0 bridgehead atoms. The average molecular weight is 344 g/mol. The van der Waals surface area contributed by atoms with E-state index in [1.165, 1.54) is 18.2 Å². The fraction of sp³-hybridized carbons (Fsp3) is 0.263. The smallest absolute Gasteiger partial charge is 0.313 e. The maximum atomic E-state index is 13.1. The predicted molar refractivity (Wildman–Crippen MR) is 93.5 cm³/mol. The minimum Gasteiger partial charge on any atom is -0.396 e. The zero-order valence-electron chi connectivity index (χ0n) is 13.7. The molecule has 0 aliphatic carbocycles. The van der Waals surface area contributed by atoms with Crippen LogP contribution in [-0.2, 0) is 9.59 Å². The van der Waals surface area contributed by atoms with Crippen LogP contribution in [0.4, 0.5) is 10.1 Å². The second-order valence-corrected chi connectivity index (χ2v) is 5.63. The summed E-state index contributed by atoms with van der Waals surface area (Å²) in [6.07, 6.45) is 1.18. The van der Waals surface area contributed by atoms with Gasteiger partial charge >= 0.3 is 11.8 Å². The number of aliphatic hydroxyl groups is 1. The van der Waals surface area contributed by atoms with Gasteiger partial charge in [-0.3, -0.25) is 9.59 Å². The molecule has 0 aliphatic heterocycles. The molecular weight excluding hydrogens is 323 g/mol. The van der Waals surface area contributed by atoms with Crippen LogP contribution in [0.15, 0.2) is 54.6 Å². The van der Waals surface area contributed by atoms with Crippen molar-refractivity contribution in [3.63, 3.8) is 0 Å². The second kappa shape index (κ2) is 9.54. The summed E-state index contributed by atoms with van der Waals surface area (Å²) in [6, 6.07) is 15.0. The van der Waals surface area contributed by atoms with Crippen molar-refractivity contribution in [3.8, 4) is 0 Å². The number of hydrogen-bond acceptors (Lipinski definition) is 3. The van der Waals surface area contributed by atoms with Crippen LogP contribution in [0.1, 0.15) is 24.3 Å². The standard InChI is InChI=1S/C19H21FN2O3/c20-16-7-4-8-17(13-16)22-19(25)18(24)21-11-9-15(10-12-23)14-5-2-1-3-6-14/h1-8,13,15,23H,9-12H2,(H,21,24)(H,22,25). The van der Waals surface area contributed by atoms with Crippen LogP contribution in [0, 0.1) is 5.82 Å². The van der Waals surface area contributed by atoms with Crippen molar-refractivity contribution in [1.82, 2.24) is 5.32 Å². The summed E-state index contributed by atoms with van der Waals surface area (Å²) in [4.78, 5) is 23.7. The molecule has 2 rings (SSSR count). The van der Waals surface area contributed by atoms with Gasteiger partial charge < -0.3 is 15.7 Å². The Hall–Kier alpha value is -2.73. The molecule has 0 aliphatic rings. The molecule has 0 fully saturated rings. The molecule has 0 spiro atoms. The van der Waals surface area contributed by atoms with Crippen molar-refractivity contribution < 1.29 is 19.1 Å². The molecule has 1 atom stereocenters. The number of nitrogens with one attached hydrogen (secondary N) is 2. The van der Waals surface area contributed by atoms with E-state index in [2.05, 4.69) is 10.6 Å². The van der Waals surface area contributed by atoms with E-state index in [-0.39, 0.29) is 18.2 Å². The molecule has 0 aromatic heterocycles. The maximum absolute atomic E-state index is 13.1. The monoisotopic (exact) mass is 344 g/mol. The highest BCUT2D eigenvalue weighted by molar-refractivity contribution is 6.39. The highest BCUT2D eigenvalue weighted by Crippen LogP contribution is 2.22. The maximum Gasteiger partial charge on any atom is 0.313 e. The number of anilines is 1. The fourth-order valence-electron chi connectivity index (χ4n) is 2.55. The summed E-state index contributed by atoms with van der Waals surface area (Å²) in [6.45, 7) is 0.350. The fourth-order valence-corrected chi connectivity index (χ4v) is 2.55. The zero-order valence-corrected chi connectivity index (χ0v) is 13.7. The normalized spacial score (nSPS) is 11.6. The van der Waals surface area contributed by atoms with Crippen molar-refractivity contribution in [2.24, 2.45) is 0 Å². The van der Waals surface area contributed by atoms with Crippen molar-refractivity contribution in [2.75, 3.05) is 18.5 Å². The SMILES string of the molecule is O=C(NCCC(CCO)c1ccccc1)C(=O)Nc1cccc(F)c1. The number of amides is 2. The van der Waals surface area contributed by atoms with Gasteiger partial charge in [-0.2, -0.15) is 0 Å². The van der Waals surface area contributed by atoms with Gasteiger partial charge in [-0.15, -0.1) is 0 Å². The number of aliphatic hydroxyl groups excluding tert-OH is 1. The third-order valence-corrected chi connectivity index (χ3v) is 3.82. The molecule has 0 saturated heterocycles. The third kappa shape index (κ3) is 6.00. The summed E-state index contributed by atoms with van der Waals surface area (Å²) in [5.74, 6) is -2.02. The van der Waals surface area contributed by atoms with Crippen LogP contribution in [0.3, 0.4) is 0 Å². The Morgan fingerprint density at radius 2 is 1.76 bits per heavy atom. The van der Waals surface area contributed by atoms with E-state index < -0.39 is 17.6 Å². The van der Waals surface area contributed by atoms with Crippen LogP contribution < -0.4 is 10.6 Å². The third-order valence-electron chi connectivity index (χ3n) is 3.82. The van der Waals surface area contributed by atoms with Gasteiger partial charge in [-0.25, -0.2) is 4.39 Å². The van der Waals surface area contributed by atoms with E-state index in [9.17, 15) is 19.1 Å². The first-order chi connectivity index (χ1) is 12.1. The Kier molecular flexibility index (Phi) is 7.10. The highest BCUT2D eigenvalue weighted by atomic mass is 19.1. The molecule has 25 heavy (non-hydrogen) atoms. The van der Waals surface area contributed by atoms with Crippen LogP contribution >= 0.6 is 0 Å². The lowest BCUT2D eigenvalue weighted by Gasteiger charge is -2.16. The predicted octanol–water partition coefficient (Wildman–Crippen LogP) is 2.44. The van der Waals surface area contributed by atoms with Gasteiger partial charge in [0.25, 0.3) is 0 Å². The molecule has 0 radical (unpaired) electrons. The first-order valence-corrected chi connectivity index (χ1v) is 8.10. The molecule has 0 saturated carbocycles. The summed E-state index contributed by atoms with van der Waals surface area (Å²) in [5, 5.41) is 14.1. The van der Waals surface area contributed by atoms with E-state index in [4.69, 9.17) is 0 Å². The van der Waals surface area contributed by atoms with Crippen LogP contribution in [-0.4, -0.2) is 30.1 Å². The average Bonchev–Trinajstić information content (AvgIpc) is 2.61. The van der Waals surface area contributed by atoms with Crippen LogP contribution in [0.25, 0.3) is 0 Å². The minimum absolute atomic E-state index is 0.0492. The largest absolute Gasteiger partial charge is 0.396 e. The Morgan fingerprint density at radius 1 is 1.00 bits per heavy atom. The van der Waals surface area contributed by atoms with Crippen molar-refractivity contribution in [3.05, 3.63) is 66.0 Å². The van der Waals surface area contributed by atoms with Crippen LogP contribution in [0.2, 0.25) is 0 Å². The number of rotatable bonds is 7. The minimum atomic E-state index is -0.844. The Morgan fingerprint density at radius 3 is 2.44 bits per heavy atom. The number of benzene rings is 2. The van der Waals surface area contributed by atoms with Crippen molar-refractivity contribution in [1.29, 1.82) is 0 Å². The molecular formula is C19H21FN2O3. The van der Waals surface area contributed by atoms with Gasteiger partial charge in [0, 0.05) is 18.8 Å². The molecule has 3 N–H and O–H groups in total. The van der Waals surface area contributed by atoms with Gasteiger partial charge in [0.2, 0.25) is 0 Å². The molecule has 2 aromatic rings. The van der Waals surface area contributed by atoms with Crippen LogP contribution in [0.5, 0.6) is 0 Å². The molecule has 132 valence electrons. The highest BCUT2D eigenvalue weighted by Gasteiger charge is 2.15. The number of carbonyl (C=O) groups is 2. The summed E-state index contributed by atoms with van der Waals surface area (Å²) < 4.78 is 13.1. The van der Waals surface area contributed by atoms with E-state index in [1.807, 2.05) is 30.3 Å². The molecule has 2 amide bonds. The molecule has 0 heterocycles. The lowest BCUT2D eigenvalue weighted by atomic mass is 9.93. The summed E-state index contributed by atoms with van der Waals surface area (Å²) >= 11 is 0. The van der Waals surface area contributed by atoms with Gasteiger partial charge in [-0.1, -0.05) is 36.4 Å². The van der Waals surface area contributed by atoms with Gasteiger partial charge in [0.05, 0.1) is 0 Å². The van der Waals surface area contributed by atoms with Crippen molar-refractivity contribution >= 4 is 17.5 Å². The van der Waals surface area contributed by atoms with E-state index in [0.717, 1.165) is 11.6 Å². The number of halogens is 1. The lowest BCUT2D eigenvalue weighted by molar-refractivity contribution is -0.136. The molecule has 1 unspecified atom stereocenters. The number of hydrogen-bond donors (Lipinski definition) is 3. The summed E-state index contributed by atoms with van der Waals surface area (Å²) in [7, 11) is 0. The molecule has 6 heteroatoms. The number of carbonyl (C=O) groups excluding carboxylic acids is 2. The Bertz CT molecular complexity index is 707. The Labute approximate surface area is 145 Å².